The Hall–Kier alpha value is -1.41. The van der Waals surface area contributed by atoms with Crippen LogP contribution in [-0.4, -0.2) is 9.79 Å². The van der Waals surface area contributed by atoms with Crippen molar-refractivity contribution in [3.63, 3.8) is 0 Å². The Morgan fingerprint density at radius 3 is 2.24 bits per heavy atom. The second kappa shape index (κ2) is 5.78. The second-order valence-corrected chi connectivity index (χ2v) is 4.30. The maximum Gasteiger partial charge on any atom is 0.391 e. The molecule has 0 saturated carbocycles. The molecule has 0 aliphatic rings. The minimum atomic E-state index is -2.37. The fraction of sp³-hybridized carbons (Fsp3) is 0.0769. The fourth-order valence-electron chi connectivity index (χ4n) is 1.64. The van der Waals surface area contributed by atoms with Crippen molar-refractivity contribution in [2.24, 2.45) is 0 Å². The van der Waals surface area contributed by atoms with Gasteiger partial charge in [0.15, 0.2) is 0 Å². The summed E-state index contributed by atoms with van der Waals surface area (Å²) in [4.78, 5) is 17.8. The number of hydrogen-bond donors (Lipinski definition) is 2. The maximum absolute atomic E-state index is 8.89. The van der Waals surface area contributed by atoms with Crippen LogP contribution < -0.4 is 4.52 Å². The fourth-order valence-corrected chi connectivity index (χ4v) is 2.00. The van der Waals surface area contributed by atoms with E-state index in [1.807, 2.05) is 48.5 Å². The van der Waals surface area contributed by atoms with Crippen molar-refractivity contribution in [1.29, 1.82) is 0 Å². The molecule has 88 valence electrons. The lowest BCUT2D eigenvalue weighted by Crippen LogP contribution is -1.93. The van der Waals surface area contributed by atoms with Crippen molar-refractivity contribution in [3.8, 4) is 5.75 Å². The zero-order chi connectivity index (χ0) is 12.1. The molecule has 0 bridgehead atoms. The van der Waals surface area contributed by atoms with Crippen molar-refractivity contribution in [1.82, 2.24) is 0 Å². The molecule has 0 spiro atoms. The van der Waals surface area contributed by atoms with Crippen LogP contribution in [0.3, 0.4) is 0 Å². The molecule has 2 aromatic rings. The Morgan fingerprint density at radius 1 is 0.882 bits per heavy atom. The number of benzene rings is 2. The van der Waals surface area contributed by atoms with E-state index in [0.29, 0.717) is 12.2 Å². The molecular weight excluding hydrogens is 235 g/mol. The summed E-state index contributed by atoms with van der Waals surface area (Å²) in [7, 11) is -2.37. The van der Waals surface area contributed by atoms with Crippen molar-refractivity contribution in [2.45, 2.75) is 6.42 Å². The predicted octanol–water partition coefficient (Wildman–Crippen LogP) is 2.87. The lowest BCUT2D eigenvalue weighted by Gasteiger charge is -2.10. The average molecular weight is 248 g/mol. The largest absolute Gasteiger partial charge is 0.427 e. The maximum atomic E-state index is 8.89. The third-order valence-electron chi connectivity index (χ3n) is 2.39. The number of para-hydroxylation sites is 1. The van der Waals surface area contributed by atoms with E-state index < -0.39 is 8.60 Å². The van der Waals surface area contributed by atoms with Gasteiger partial charge in [-0.05, 0) is 17.2 Å². The summed E-state index contributed by atoms with van der Waals surface area (Å²) in [5.74, 6) is 0.521. The Bertz CT molecular complexity index is 471. The molecule has 0 aromatic heterocycles. The van der Waals surface area contributed by atoms with Gasteiger partial charge in [-0.15, -0.1) is 0 Å². The van der Waals surface area contributed by atoms with Gasteiger partial charge in [0.2, 0.25) is 0 Å². The molecule has 2 rings (SSSR count). The van der Waals surface area contributed by atoms with E-state index in [-0.39, 0.29) is 0 Å². The highest BCUT2D eigenvalue weighted by Gasteiger charge is 2.08. The van der Waals surface area contributed by atoms with Crippen LogP contribution in [0.4, 0.5) is 0 Å². The molecule has 2 N–H and O–H groups in total. The van der Waals surface area contributed by atoms with Gasteiger partial charge in [-0.25, -0.2) is 0 Å². The lowest BCUT2D eigenvalue weighted by molar-refractivity contribution is 0.373. The molecular formula is C13H13O3P. The van der Waals surface area contributed by atoms with Gasteiger partial charge in [0, 0.05) is 6.42 Å². The first-order valence-corrected chi connectivity index (χ1v) is 6.40. The van der Waals surface area contributed by atoms with Crippen molar-refractivity contribution in [3.05, 3.63) is 65.7 Å². The van der Waals surface area contributed by atoms with Crippen LogP contribution in [0.25, 0.3) is 0 Å². The number of rotatable bonds is 4. The Morgan fingerprint density at radius 2 is 1.53 bits per heavy atom. The minimum absolute atomic E-state index is 0.521. The van der Waals surface area contributed by atoms with Crippen molar-refractivity contribution < 1.29 is 14.3 Å². The lowest BCUT2D eigenvalue weighted by atomic mass is 10.0. The molecule has 0 radical (unpaired) electrons. The first-order chi connectivity index (χ1) is 8.25. The summed E-state index contributed by atoms with van der Waals surface area (Å²) in [6.45, 7) is 0. The highest BCUT2D eigenvalue weighted by molar-refractivity contribution is 7.39. The Kier molecular flexibility index (Phi) is 4.10. The van der Waals surface area contributed by atoms with Gasteiger partial charge in [-0.2, -0.15) is 0 Å². The zero-order valence-electron chi connectivity index (χ0n) is 9.15. The molecule has 0 atom stereocenters. The third kappa shape index (κ3) is 3.53. The van der Waals surface area contributed by atoms with E-state index in [1.54, 1.807) is 6.07 Å². The van der Waals surface area contributed by atoms with E-state index in [2.05, 4.69) is 0 Å². The van der Waals surface area contributed by atoms with Gasteiger partial charge in [0.25, 0.3) is 0 Å². The highest BCUT2D eigenvalue weighted by atomic mass is 31.2. The first-order valence-electron chi connectivity index (χ1n) is 5.23. The molecule has 0 heterocycles. The molecule has 17 heavy (non-hydrogen) atoms. The first kappa shape index (κ1) is 12.1. The summed E-state index contributed by atoms with van der Waals surface area (Å²) >= 11 is 0. The zero-order valence-corrected chi connectivity index (χ0v) is 10.0. The van der Waals surface area contributed by atoms with Gasteiger partial charge in [0.05, 0.1) is 0 Å². The molecule has 3 nitrogen and oxygen atoms in total. The monoisotopic (exact) mass is 248 g/mol. The molecule has 0 amide bonds. The molecule has 2 aromatic carbocycles. The van der Waals surface area contributed by atoms with Gasteiger partial charge >= 0.3 is 8.60 Å². The van der Waals surface area contributed by atoms with E-state index in [9.17, 15) is 0 Å². The number of hydrogen-bond acceptors (Lipinski definition) is 3. The predicted molar refractivity (Wildman–Crippen MR) is 67.7 cm³/mol. The topological polar surface area (TPSA) is 49.7 Å². The molecule has 0 aliphatic heterocycles. The van der Waals surface area contributed by atoms with Gasteiger partial charge in [-0.1, -0.05) is 48.5 Å². The van der Waals surface area contributed by atoms with Crippen LogP contribution >= 0.6 is 8.60 Å². The Balaban J connectivity index is 2.20. The second-order valence-electron chi connectivity index (χ2n) is 3.61. The normalized spacial score (nSPS) is 10.5. The third-order valence-corrected chi connectivity index (χ3v) is 2.75. The van der Waals surface area contributed by atoms with Crippen molar-refractivity contribution in [2.75, 3.05) is 0 Å². The van der Waals surface area contributed by atoms with Crippen LogP contribution in [0, 0.1) is 0 Å². The van der Waals surface area contributed by atoms with E-state index in [1.165, 1.54) is 0 Å². The van der Waals surface area contributed by atoms with Crippen LogP contribution in [-0.2, 0) is 6.42 Å². The van der Waals surface area contributed by atoms with Crippen LogP contribution in [0.15, 0.2) is 54.6 Å². The highest BCUT2D eigenvalue weighted by Crippen LogP contribution is 2.32. The SMILES string of the molecule is OP(O)Oc1ccccc1Cc1ccccc1. The smallest absolute Gasteiger partial charge is 0.391 e. The Labute approximate surface area is 101 Å². The molecule has 0 aliphatic carbocycles. The van der Waals surface area contributed by atoms with Gasteiger partial charge < -0.3 is 14.3 Å². The van der Waals surface area contributed by atoms with Crippen LogP contribution in [0.5, 0.6) is 5.75 Å². The molecule has 4 heteroatoms. The summed E-state index contributed by atoms with van der Waals surface area (Å²) in [5.41, 5.74) is 2.10. The standard InChI is InChI=1S/C13H13O3P/c14-17(15)16-13-9-5-4-8-12(13)10-11-6-2-1-3-7-11/h1-9,14-15H,10H2. The summed E-state index contributed by atoms with van der Waals surface area (Å²) in [5, 5.41) is 0. The minimum Gasteiger partial charge on any atom is -0.427 e. The van der Waals surface area contributed by atoms with Crippen LogP contribution in [0.1, 0.15) is 11.1 Å². The van der Waals surface area contributed by atoms with E-state index >= 15 is 0 Å². The van der Waals surface area contributed by atoms with Crippen LogP contribution in [0.2, 0.25) is 0 Å². The summed E-state index contributed by atoms with van der Waals surface area (Å²) < 4.78 is 4.99. The van der Waals surface area contributed by atoms with E-state index in [4.69, 9.17) is 14.3 Å². The molecule has 0 fully saturated rings. The molecule has 0 unspecified atom stereocenters. The quantitative estimate of drug-likeness (QED) is 0.818. The van der Waals surface area contributed by atoms with Gasteiger partial charge in [-0.3, -0.25) is 0 Å². The van der Waals surface area contributed by atoms with Gasteiger partial charge in [0.1, 0.15) is 5.75 Å². The van der Waals surface area contributed by atoms with Crippen molar-refractivity contribution >= 4 is 8.60 Å². The summed E-state index contributed by atoms with van der Waals surface area (Å²) in [6.07, 6.45) is 0.709. The summed E-state index contributed by atoms with van der Waals surface area (Å²) in [6, 6.07) is 17.3. The van der Waals surface area contributed by atoms with E-state index in [0.717, 1.165) is 11.1 Å². The average Bonchev–Trinajstić information content (AvgIpc) is 2.32. The molecule has 0 saturated heterocycles.